The largest absolute Gasteiger partial charge is 0.496 e. The van der Waals surface area contributed by atoms with Crippen molar-refractivity contribution in [3.63, 3.8) is 0 Å². The van der Waals surface area contributed by atoms with E-state index in [4.69, 9.17) is 9.47 Å². The number of nitrogens with zero attached hydrogens (tertiary/aromatic N) is 1. The van der Waals surface area contributed by atoms with E-state index in [9.17, 15) is 0 Å². The molecule has 0 amide bonds. The Hall–Kier alpha value is -1.87. The molecule has 0 fully saturated rings. The number of methoxy groups -OCH3 is 1. The van der Waals surface area contributed by atoms with Crippen molar-refractivity contribution in [3.05, 3.63) is 41.1 Å². The second kappa shape index (κ2) is 6.27. The minimum absolute atomic E-state index is 0. The lowest BCUT2D eigenvalue weighted by Gasteiger charge is -2.19. The second-order valence-electron chi connectivity index (χ2n) is 5.26. The molecule has 0 radical (unpaired) electrons. The topological polar surface area (TPSA) is 31.4 Å². The molecule has 0 saturated heterocycles. The monoisotopic (exact) mass is 285 g/mol. The number of aryl methyl sites for hydroxylation is 1. The van der Waals surface area contributed by atoms with Crippen molar-refractivity contribution in [1.82, 2.24) is 4.98 Å². The van der Waals surface area contributed by atoms with Crippen molar-refractivity contribution in [3.8, 4) is 5.75 Å². The Balaban J connectivity index is 0.00000161. The lowest BCUT2D eigenvalue weighted by atomic mass is 9.95. The maximum Gasteiger partial charge on any atom is 0.130 e. The van der Waals surface area contributed by atoms with E-state index in [1.54, 1.807) is 7.11 Å². The molecule has 0 N–H and O–H groups in total. The summed E-state index contributed by atoms with van der Waals surface area (Å²) in [5, 5.41) is 1.07. The van der Waals surface area contributed by atoms with E-state index in [0.29, 0.717) is 0 Å². The smallest absolute Gasteiger partial charge is 0.130 e. The highest BCUT2D eigenvalue weighted by atomic mass is 16.5. The quantitative estimate of drug-likeness (QED) is 0.820. The summed E-state index contributed by atoms with van der Waals surface area (Å²) in [6, 6.07) is 8.40. The second-order valence-corrected chi connectivity index (χ2v) is 5.26. The first kappa shape index (κ1) is 15.5. The first-order valence-electron chi connectivity index (χ1n) is 6.91. The normalized spacial score (nSPS) is 15.0. The van der Waals surface area contributed by atoms with Gasteiger partial charge in [-0.15, -0.1) is 0 Å². The minimum atomic E-state index is 0. The first-order valence-corrected chi connectivity index (χ1v) is 6.91. The van der Waals surface area contributed by atoms with Crippen LogP contribution >= 0.6 is 0 Å². The summed E-state index contributed by atoms with van der Waals surface area (Å²) in [5.74, 6) is 0.889. The molecule has 0 unspecified atom stereocenters. The number of hydrogen-bond acceptors (Lipinski definition) is 3. The summed E-state index contributed by atoms with van der Waals surface area (Å²) in [7, 11) is 1.71. The highest BCUT2D eigenvalue weighted by Gasteiger charge is 2.13. The summed E-state index contributed by atoms with van der Waals surface area (Å²) in [4.78, 5) is 4.57. The molecule has 3 rings (SSSR count). The molecule has 2 aromatic rings. The Morgan fingerprint density at radius 3 is 2.71 bits per heavy atom. The van der Waals surface area contributed by atoms with Crippen LogP contribution in [0.2, 0.25) is 0 Å². The molecule has 0 spiro atoms. The molecule has 1 aliphatic rings. The number of ether oxygens (including phenoxy) is 2. The van der Waals surface area contributed by atoms with E-state index in [1.807, 2.05) is 13.0 Å². The minimum Gasteiger partial charge on any atom is -0.496 e. The van der Waals surface area contributed by atoms with Crippen LogP contribution in [0.15, 0.2) is 29.8 Å². The molecule has 3 heteroatoms. The van der Waals surface area contributed by atoms with Gasteiger partial charge in [0.1, 0.15) is 5.75 Å². The molecule has 112 valence electrons. The standard InChI is InChI=1S/C17H19NO2.CH4/c1-11-10-20-7-6-14(11)13-4-5-16-15(9-13)17(19-3)8-12(2)18-16;/h4-5,8-9H,6-7,10H2,1-3H3;1H4. The van der Waals surface area contributed by atoms with Crippen LogP contribution in [0.1, 0.15) is 32.0 Å². The van der Waals surface area contributed by atoms with Gasteiger partial charge in [-0.25, -0.2) is 0 Å². The predicted molar refractivity (Wildman–Crippen MR) is 87.8 cm³/mol. The van der Waals surface area contributed by atoms with Crippen LogP contribution in [0.3, 0.4) is 0 Å². The van der Waals surface area contributed by atoms with Gasteiger partial charge >= 0.3 is 0 Å². The fraction of sp³-hybridized carbons (Fsp3) is 0.389. The van der Waals surface area contributed by atoms with Crippen molar-refractivity contribution >= 4 is 16.5 Å². The number of hydrogen-bond donors (Lipinski definition) is 0. The average Bonchev–Trinajstić information content (AvgIpc) is 2.46. The third-order valence-electron chi connectivity index (χ3n) is 3.80. The van der Waals surface area contributed by atoms with Crippen molar-refractivity contribution in [2.45, 2.75) is 27.7 Å². The van der Waals surface area contributed by atoms with E-state index >= 15 is 0 Å². The Labute approximate surface area is 126 Å². The lowest BCUT2D eigenvalue weighted by Crippen LogP contribution is -2.08. The zero-order chi connectivity index (χ0) is 14.1. The molecule has 0 bridgehead atoms. The fourth-order valence-electron chi connectivity index (χ4n) is 2.77. The summed E-state index contributed by atoms with van der Waals surface area (Å²) < 4.78 is 11.0. The van der Waals surface area contributed by atoms with Gasteiger partial charge in [-0.1, -0.05) is 13.5 Å². The van der Waals surface area contributed by atoms with Gasteiger partial charge in [-0.05, 0) is 49.1 Å². The van der Waals surface area contributed by atoms with Gasteiger partial charge in [0.25, 0.3) is 0 Å². The third-order valence-corrected chi connectivity index (χ3v) is 3.80. The SMILES string of the molecule is C.COc1cc(C)nc2ccc(C3=C(C)COCC3)cc12. The van der Waals surface area contributed by atoms with Gasteiger partial charge in [0.2, 0.25) is 0 Å². The van der Waals surface area contributed by atoms with Crippen LogP contribution in [-0.4, -0.2) is 25.3 Å². The zero-order valence-electron chi connectivity index (χ0n) is 12.2. The fourth-order valence-corrected chi connectivity index (χ4v) is 2.77. The van der Waals surface area contributed by atoms with E-state index in [1.165, 1.54) is 16.7 Å². The maximum absolute atomic E-state index is 5.50. The van der Waals surface area contributed by atoms with Gasteiger partial charge in [-0.3, -0.25) is 4.98 Å². The summed E-state index contributed by atoms with van der Waals surface area (Å²) in [5.41, 5.74) is 5.91. The van der Waals surface area contributed by atoms with Crippen molar-refractivity contribution in [2.24, 2.45) is 0 Å². The molecule has 1 aliphatic heterocycles. The number of rotatable bonds is 2. The molecule has 2 heterocycles. The zero-order valence-corrected chi connectivity index (χ0v) is 12.2. The highest BCUT2D eigenvalue weighted by molar-refractivity contribution is 5.89. The summed E-state index contributed by atoms with van der Waals surface area (Å²) in [6.07, 6.45) is 0.971. The molecule has 1 aromatic heterocycles. The van der Waals surface area contributed by atoms with Crippen LogP contribution < -0.4 is 4.74 Å². The van der Waals surface area contributed by atoms with E-state index in [0.717, 1.165) is 42.0 Å². The Kier molecular flexibility index (Phi) is 4.63. The molecule has 21 heavy (non-hydrogen) atoms. The highest BCUT2D eigenvalue weighted by Crippen LogP contribution is 2.31. The molecule has 3 nitrogen and oxygen atoms in total. The lowest BCUT2D eigenvalue weighted by molar-refractivity contribution is 0.154. The number of pyridine rings is 1. The molecular formula is C18H23NO2. The Bertz CT molecular complexity index is 689. The number of fused-ring (bicyclic) bond motifs is 1. The number of benzene rings is 1. The van der Waals surface area contributed by atoms with Crippen LogP contribution in [-0.2, 0) is 4.74 Å². The van der Waals surface area contributed by atoms with Crippen molar-refractivity contribution in [2.75, 3.05) is 20.3 Å². The van der Waals surface area contributed by atoms with Crippen molar-refractivity contribution < 1.29 is 9.47 Å². The molecular weight excluding hydrogens is 262 g/mol. The average molecular weight is 285 g/mol. The molecule has 0 atom stereocenters. The van der Waals surface area contributed by atoms with Gasteiger partial charge in [0.05, 0.1) is 25.8 Å². The van der Waals surface area contributed by atoms with Gasteiger partial charge in [0.15, 0.2) is 0 Å². The first-order chi connectivity index (χ1) is 9.69. The number of aromatic nitrogens is 1. The molecule has 1 aromatic carbocycles. The van der Waals surface area contributed by atoms with Gasteiger partial charge < -0.3 is 9.47 Å². The van der Waals surface area contributed by atoms with Crippen LogP contribution in [0, 0.1) is 6.92 Å². The van der Waals surface area contributed by atoms with E-state index in [2.05, 4.69) is 30.1 Å². The Morgan fingerprint density at radius 2 is 2.00 bits per heavy atom. The third kappa shape index (κ3) is 2.93. The summed E-state index contributed by atoms with van der Waals surface area (Å²) in [6.45, 7) is 5.66. The summed E-state index contributed by atoms with van der Waals surface area (Å²) >= 11 is 0. The van der Waals surface area contributed by atoms with Crippen LogP contribution in [0.25, 0.3) is 16.5 Å². The van der Waals surface area contributed by atoms with Crippen LogP contribution in [0.4, 0.5) is 0 Å². The van der Waals surface area contributed by atoms with Gasteiger partial charge in [0, 0.05) is 17.1 Å². The Morgan fingerprint density at radius 1 is 1.19 bits per heavy atom. The van der Waals surface area contributed by atoms with E-state index in [-0.39, 0.29) is 7.43 Å². The van der Waals surface area contributed by atoms with Crippen LogP contribution in [0.5, 0.6) is 5.75 Å². The molecule has 0 aliphatic carbocycles. The maximum atomic E-state index is 5.50. The molecule has 0 saturated carbocycles. The predicted octanol–water partition coefficient (Wildman–Crippen LogP) is 4.38. The van der Waals surface area contributed by atoms with E-state index < -0.39 is 0 Å². The van der Waals surface area contributed by atoms with Crippen molar-refractivity contribution in [1.29, 1.82) is 0 Å². The van der Waals surface area contributed by atoms with Gasteiger partial charge in [-0.2, -0.15) is 0 Å².